The number of nitrogens with zero attached hydrogens (tertiary/aromatic N) is 1. The van der Waals surface area contributed by atoms with E-state index < -0.39 is 0 Å². The fourth-order valence-corrected chi connectivity index (χ4v) is 2.48. The summed E-state index contributed by atoms with van der Waals surface area (Å²) >= 11 is 6.23. The van der Waals surface area contributed by atoms with Gasteiger partial charge < -0.3 is 10.0 Å². The molecule has 2 rings (SSSR count). The summed E-state index contributed by atoms with van der Waals surface area (Å²) in [6, 6.07) is 5.82. The van der Waals surface area contributed by atoms with Crippen LogP contribution in [0.1, 0.15) is 25.3 Å². The molecule has 2 nitrogen and oxygen atoms in total. The quantitative estimate of drug-likeness (QED) is 0.858. The van der Waals surface area contributed by atoms with Gasteiger partial charge in [0.15, 0.2) is 0 Å². The summed E-state index contributed by atoms with van der Waals surface area (Å²) in [6.07, 6.45) is 2.47. The van der Waals surface area contributed by atoms with Gasteiger partial charge in [0.1, 0.15) is 0 Å². The number of benzene rings is 1. The van der Waals surface area contributed by atoms with E-state index in [4.69, 9.17) is 16.7 Å². The number of aliphatic hydroxyl groups excluding tert-OH is 1. The predicted octanol–water partition coefficient (Wildman–Crippen LogP) is 3.07. The van der Waals surface area contributed by atoms with Crippen molar-refractivity contribution in [3.8, 4) is 0 Å². The van der Waals surface area contributed by atoms with Crippen LogP contribution >= 0.6 is 11.6 Å². The minimum absolute atomic E-state index is 0.0526. The van der Waals surface area contributed by atoms with Crippen LogP contribution in [-0.2, 0) is 6.61 Å². The Morgan fingerprint density at radius 1 is 1.38 bits per heavy atom. The number of rotatable bonds is 2. The third-order valence-electron chi connectivity index (χ3n) is 3.32. The van der Waals surface area contributed by atoms with Crippen LogP contribution in [0.5, 0.6) is 0 Å². The molecule has 0 amide bonds. The lowest BCUT2D eigenvalue weighted by molar-refractivity contribution is 0.282. The Balaban J connectivity index is 2.14. The first-order chi connectivity index (χ1) is 7.70. The van der Waals surface area contributed by atoms with E-state index in [2.05, 4.69) is 11.8 Å². The summed E-state index contributed by atoms with van der Waals surface area (Å²) in [4.78, 5) is 2.34. The molecule has 16 heavy (non-hydrogen) atoms. The highest BCUT2D eigenvalue weighted by Crippen LogP contribution is 2.30. The maximum atomic E-state index is 9.03. The van der Waals surface area contributed by atoms with E-state index in [1.165, 1.54) is 12.8 Å². The lowest BCUT2D eigenvalue weighted by Gasteiger charge is -2.32. The second-order valence-electron chi connectivity index (χ2n) is 4.61. The Morgan fingerprint density at radius 2 is 2.06 bits per heavy atom. The normalized spacial score (nSPS) is 17.8. The van der Waals surface area contributed by atoms with Gasteiger partial charge >= 0.3 is 0 Å². The fraction of sp³-hybridized carbons (Fsp3) is 0.538. The van der Waals surface area contributed by atoms with Gasteiger partial charge in [-0.05, 0) is 36.5 Å². The molecule has 1 saturated heterocycles. The summed E-state index contributed by atoms with van der Waals surface area (Å²) in [5.74, 6) is 0.826. The zero-order valence-electron chi connectivity index (χ0n) is 9.62. The summed E-state index contributed by atoms with van der Waals surface area (Å²) in [5.41, 5.74) is 1.98. The summed E-state index contributed by atoms with van der Waals surface area (Å²) in [5, 5.41) is 9.78. The molecule has 3 heteroatoms. The Labute approximate surface area is 102 Å². The maximum Gasteiger partial charge on any atom is 0.0682 e. The Kier molecular flexibility index (Phi) is 3.72. The van der Waals surface area contributed by atoms with Gasteiger partial charge in [-0.2, -0.15) is 0 Å². The van der Waals surface area contributed by atoms with E-state index in [-0.39, 0.29) is 6.61 Å². The van der Waals surface area contributed by atoms with Crippen molar-refractivity contribution in [2.45, 2.75) is 26.4 Å². The number of hydrogen-bond acceptors (Lipinski definition) is 2. The van der Waals surface area contributed by atoms with E-state index >= 15 is 0 Å². The Hall–Kier alpha value is -0.730. The van der Waals surface area contributed by atoms with Crippen molar-refractivity contribution in [2.75, 3.05) is 18.0 Å². The van der Waals surface area contributed by atoms with Gasteiger partial charge in [0.25, 0.3) is 0 Å². The average molecular weight is 240 g/mol. The standard InChI is InChI=1S/C13H18ClNO/c1-10-4-6-15(7-5-10)13-3-2-11(9-16)8-12(13)14/h2-3,8,10,16H,4-7,9H2,1H3. The molecule has 0 bridgehead atoms. The first kappa shape index (κ1) is 11.7. The summed E-state index contributed by atoms with van der Waals surface area (Å²) < 4.78 is 0. The SMILES string of the molecule is CC1CCN(c2ccc(CO)cc2Cl)CC1. The maximum absolute atomic E-state index is 9.03. The lowest BCUT2D eigenvalue weighted by Crippen LogP contribution is -2.32. The van der Waals surface area contributed by atoms with Crippen LogP contribution in [0.15, 0.2) is 18.2 Å². The zero-order chi connectivity index (χ0) is 11.5. The van der Waals surface area contributed by atoms with E-state index in [1.54, 1.807) is 0 Å². The molecule has 0 radical (unpaired) electrons. The Bertz CT molecular complexity index is 359. The molecule has 1 aromatic carbocycles. The summed E-state index contributed by atoms with van der Waals surface area (Å²) in [6.45, 7) is 4.52. The highest BCUT2D eigenvalue weighted by atomic mass is 35.5. The average Bonchev–Trinajstić information content (AvgIpc) is 2.30. The van der Waals surface area contributed by atoms with Crippen molar-refractivity contribution in [1.29, 1.82) is 0 Å². The second kappa shape index (κ2) is 5.07. The lowest BCUT2D eigenvalue weighted by atomic mass is 9.98. The number of anilines is 1. The van der Waals surface area contributed by atoms with Crippen molar-refractivity contribution < 1.29 is 5.11 Å². The van der Waals surface area contributed by atoms with Crippen molar-refractivity contribution >= 4 is 17.3 Å². The van der Waals surface area contributed by atoms with Crippen LogP contribution in [0.2, 0.25) is 5.02 Å². The van der Waals surface area contributed by atoms with Gasteiger partial charge in [0, 0.05) is 13.1 Å². The van der Waals surface area contributed by atoms with E-state index in [0.29, 0.717) is 0 Å². The molecular formula is C13H18ClNO. The molecular weight excluding hydrogens is 222 g/mol. The largest absolute Gasteiger partial charge is 0.392 e. The van der Waals surface area contributed by atoms with Crippen LogP contribution < -0.4 is 4.90 Å². The molecule has 1 N–H and O–H groups in total. The molecule has 0 spiro atoms. The molecule has 0 aromatic heterocycles. The topological polar surface area (TPSA) is 23.5 Å². The minimum atomic E-state index is 0.0526. The van der Waals surface area contributed by atoms with Crippen molar-refractivity contribution in [2.24, 2.45) is 5.92 Å². The summed E-state index contributed by atoms with van der Waals surface area (Å²) in [7, 11) is 0. The third kappa shape index (κ3) is 2.50. The van der Waals surface area contributed by atoms with Crippen LogP contribution in [0, 0.1) is 5.92 Å². The molecule has 1 heterocycles. The van der Waals surface area contributed by atoms with Gasteiger partial charge in [-0.1, -0.05) is 24.6 Å². The molecule has 1 aromatic rings. The van der Waals surface area contributed by atoms with Gasteiger partial charge in [0.05, 0.1) is 17.3 Å². The van der Waals surface area contributed by atoms with Crippen LogP contribution in [-0.4, -0.2) is 18.2 Å². The van der Waals surface area contributed by atoms with Crippen LogP contribution in [0.4, 0.5) is 5.69 Å². The van der Waals surface area contributed by atoms with Gasteiger partial charge in [-0.15, -0.1) is 0 Å². The van der Waals surface area contributed by atoms with Crippen molar-refractivity contribution in [3.63, 3.8) is 0 Å². The first-order valence-electron chi connectivity index (χ1n) is 5.85. The van der Waals surface area contributed by atoms with Gasteiger partial charge in [0.2, 0.25) is 0 Å². The highest BCUT2D eigenvalue weighted by molar-refractivity contribution is 6.33. The smallest absolute Gasteiger partial charge is 0.0682 e. The number of aliphatic hydroxyl groups is 1. The fourth-order valence-electron chi connectivity index (χ4n) is 2.15. The van der Waals surface area contributed by atoms with E-state index in [1.807, 2.05) is 18.2 Å². The minimum Gasteiger partial charge on any atom is -0.392 e. The van der Waals surface area contributed by atoms with Gasteiger partial charge in [-0.3, -0.25) is 0 Å². The van der Waals surface area contributed by atoms with Crippen LogP contribution in [0.3, 0.4) is 0 Å². The van der Waals surface area contributed by atoms with Gasteiger partial charge in [-0.25, -0.2) is 0 Å². The van der Waals surface area contributed by atoms with Crippen molar-refractivity contribution in [1.82, 2.24) is 0 Å². The second-order valence-corrected chi connectivity index (χ2v) is 5.02. The number of hydrogen-bond donors (Lipinski definition) is 1. The highest BCUT2D eigenvalue weighted by Gasteiger charge is 2.17. The molecule has 0 aliphatic carbocycles. The molecule has 0 saturated carbocycles. The first-order valence-corrected chi connectivity index (χ1v) is 6.22. The molecule has 1 fully saturated rings. The zero-order valence-corrected chi connectivity index (χ0v) is 10.4. The van der Waals surface area contributed by atoms with E-state index in [9.17, 15) is 0 Å². The Morgan fingerprint density at radius 3 is 2.62 bits per heavy atom. The molecule has 1 aliphatic heterocycles. The molecule has 88 valence electrons. The number of halogens is 1. The van der Waals surface area contributed by atoms with Crippen molar-refractivity contribution in [3.05, 3.63) is 28.8 Å². The predicted molar refractivity (Wildman–Crippen MR) is 68.0 cm³/mol. The molecule has 1 aliphatic rings. The third-order valence-corrected chi connectivity index (χ3v) is 3.62. The molecule has 0 unspecified atom stereocenters. The van der Waals surface area contributed by atoms with E-state index in [0.717, 1.165) is 35.3 Å². The number of piperidine rings is 1. The monoisotopic (exact) mass is 239 g/mol. The van der Waals surface area contributed by atoms with Crippen LogP contribution in [0.25, 0.3) is 0 Å². The molecule has 0 atom stereocenters.